The number of aromatic nitrogens is 1. The molecule has 1 aromatic heterocycles. The smallest absolute Gasteiger partial charge is 0.219 e. The quantitative estimate of drug-likeness (QED) is 0.931. The normalized spacial score (nSPS) is 13.3. The molecule has 0 fully saturated rings. The molecule has 0 radical (unpaired) electrons. The number of ether oxygens (including phenoxy) is 1. The van der Waals surface area contributed by atoms with Gasteiger partial charge in [-0.15, -0.1) is 0 Å². The highest BCUT2D eigenvalue weighted by Gasteiger charge is 2.12. The average molecular weight is 289 g/mol. The first kappa shape index (κ1) is 13.4. The van der Waals surface area contributed by atoms with E-state index >= 15 is 0 Å². The highest BCUT2D eigenvalue weighted by Crippen LogP contribution is 2.29. The molecule has 0 atom stereocenters. The van der Waals surface area contributed by atoms with E-state index in [2.05, 4.69) is 22.4 Å². The van der Waals surface area contributed by atoms with E-state index in [0.717, 1.165) is 17.9 Å². The first-order chi connectivity index (χ1) is 9.76. The largest absolute Gasteiger partial charge is 0.439 e. The molecule has 3 nitrogen and oxygen atoms in total. The Kier molecular flexibility index (Phi) is 3.90. The summed E-state index contributed by atoms with van der Waals surface area (Å²) in [5, 5.41) is 3.70. The Labute approximate surface area is 123 Å². The van der Waals surface area contributed by atoms with E-state index in [0.29, 0.717) is 17.4 Å². The van der Waals surface area contributed by atoms with E-state index in [9.17, 15) is 0 Å². The molecule has 3 rings (SSSR count). The summed E-state index contributed by atoms with van der Waals surface area (Å²) in [5.74, 6) is 1.42. The van der Waals surface area contributed by atoms with E-state index in [1.54, 1.807) is 6.07 Å². The Hall–Kier alpha value is -1.58. The Bertz CT molecular complexity index is 628. The van der Waals surface area contributed by atoms with Gasteiger partial charge < -0.3 is 10.1 Å². The predicted octanol–water partition coefficient (Wildman–Crippen LogP) is 3.74. The summed E-state index contributed by atoms with van der Waals surface area (Å²) in [5.41, 5.74) is 3.64. The first-order valence-corrected chi connectivity index (χ1v) is 7.24. The number of fused-ring (bicyclic) bond motifs is 1. The van der Waals surface area contributed by atoms with Gasteiger partial charge in [-0.2, -0.15) is 0 Å². The Balaban J connectivity index is 1.82. The summed E-state index contributed by atoms with van der Waals surface area (Å²) >= 11 is 6.10. The molecule has 1 aliphatic rings. The lowest BCUT2D eigenvalue weighted by atomic mass is 10.1. The zero-order chi connectivity index (χ0) is 13.9. The van der Waals surface area contributed by atoms with Crippen LogP contribution in [0.15, 0.2) is 30.3 Å². The summed E-state index contributed by atoms with van der Waals surface area (Å²) < 4.78 is 5.85. The molecule has 1 N–H and O–H groups in total. The van der Waals surface area contributed by atoms with Gasteiger partial charge in [0.2, 0.25) is 5.88 Å². The Morgan fingerprint density at radius 2 is 2.05 bits per heavy atom. The third kappa shape index (κ3) is 2.79. The van der Waals surface area contributed by atoms with Crippen molar-refractivity contribution in [1.82, 2.24) is 10.3 Å². The van der Waals surface area contributed by atoms with Crippen molar-refractivity contribution in [3.8, 4) is 11.6 Å². The number of pyridine rings is 1. The summed E-state index contributed by atoms with van der Waals surface area (Å²) in [4.78, 5) is 4.43. The number of hydrogen-bond acceptors (Lipinski definition) is 3. The van der Waals surface area contributed by atoms with E-state index in [4.69, 9.17) is 16.3 Å². The average Bonchev–Trinajstić information content (AvgIpc) is 2.90. The molecule has 0 bridgehead atoms. The maximum absolute atomic E-state index is 6.10. The number of rotatable bonds is 4. The van der Waals surface area contributed by atoms with Crippen LogP contribution in [-0.4, -0.2) is 12.0 Å². The molecule has 0 saturated heterocycles. The SMILES string of the molecule is CNCc1nc(Oc2ccc3c(c2)CCC3)ccc1Cl. The molecule has 0 amide bonds. The molecule has 104 valence electrons. The van der Waals surface area contributed by atoms with Crippen LogP contribution in [0.25, 0.3) is 0 Å². The second kappa shape index (κ2) is 5.81. The molecule has 0 spiro atoms. The molecule has 0 saturated carbocycles. The van der Waals surface area contributed by atoms with E-state index < -0.39 is 0 Å². The lowest BCUT2D eigenvalue weighted by Crippen LogP contribution is -2.07. The third-order valence-corrected chi connectivity index (χ3v) is 3.87. The van der Waals surface area contributed by atoms with Crippen LogP contribution < -0.4 is 10.1 Å². The summed E-state index contributed by atoms with van der Waals surface area (Å²) in [6.45, 7) is 0.625. The lowest BCUT2D eigenvalue weighted by molar-refractivity contribution is 0.459. The number of aryl methyl sites for hydroxylation is 2. The molecular formula is C16H17ClN2O. The zero-order valence-corrected chi connectivity index (χ0v) is 12.2. The third-order valence-electron chi connectivity index (χ3n) is 3.53. The standard InChI is InChI=1S/C16H17ClN2O/c1-18-10-15-14(17)7-8-16(19-15)20-13-6-5-11-3-2-4-12(11)9-13/h5-9,18H,2-4,10H2,1H3. The summed E-state index contributed by atoms with van der Waals surface area (Å²) in [7, 11) is 1.87. The fourth-order valence-corrected chi connectivity index (χ4v) is 2.72. The maximum Gasteiger partial charge on any atom is 0.219 e. The van der Waals surface area contributed by atoms with Gasteiger partial charge in [0.25, 0.3) is 0 Å². The summed E-state index contributed by atoms with van der Waals surface area (Å²) in [6, 6.07) is 9.91. The molecule has 0 unspecified atom stereocenters. The van der Waals surface area contributed by atoms with Gasteiger partial charge in [0.15, 0.2) is 0 Å². The first-order valence-electron chi connectivity index (χ1n) is 6.86. The molecule has 1 aromatic carbocycles. The van der Waals surface area contributed by atoms with Gasteiger partial charge in [0, 0.05) is 12.6 Å². The molecule has 1 heterocycles. The second-order valence-electron chi connectivity index (χ2n) is 4.99. The lowest BCUT2D eigenvalue weighted by Gasteiger charge is -2.09. The van der Waals surface area contributed by atoms with Gasteiger partial charge in [-0.05, 0) is 55.6 Å². The van der Waals surface area contributed by atoms with Crippen LogP contribution in [0.2, 0.25) is 5.02 Å². The highest BCUT2D eigenvalue weighted by atomic mass is 35.5. The minimum absolute atomic E-state index is 0.581. The second-order valence-corrected chi connectivity index (χ2v) is 5.40. The van der Waals surface area contributed by atoms with E-state index in [-0.39, 0.29) is 0 Å². The fourth-order valence-electron chi connectivity index (χ4n) is 2.55. The van der Waals surface area contributed by atoms with E-state index in [1.165, 1.54) is 24.0 Å². The van der Waals surface area contributed by atoms with Crippen LogP contribution in [0.5, 0.6) is 11.6 Å². The Morgan fingerprint density at radius 1 is 1.20 bits per heavy atom. The van der Waals surface area contributed by atoms with Gasteiger partial charge >= 0.3 is 0 Å². The number of hydrogen-bond donors (Lipinski definition) is 1. The van der Waals surface area contributed by atoms with E-state index in [1.807, 2.05) is 19.2 Å². The molecule has 2 aromatic rings. The van der Waals surface area contributed by atoms with Crippen LogP contribution >= 0.6 is 11.6 Å². The topological polar surface area (TPSA) is 34.2 Å². The Morgan fingerprint density at radius 3 is 2.90 bits per heavy atom. The van der Waals surface area contributed by atoms with Crippen molar-refractivity contribution in [2.75, 3.05) is 7.05 Å². The highest BCUT2D eigenvalue weighted by molar-refractivity contribution is 6.31. The van der Waals surface area contributed by atoms with Crippen molar-refractivity contribution in [3.63, 3.8) is 0 Å². The van der Waals surface area contributed by atoms with Gasteiger partial charge in [0.05, 0.1) is 10.7 Å². The molecule has 0 aliphatic heterocycles. The van der Waals surface area contributed by atoms with Crippen LogP contribution in [0, 0.1) is 0 Å². The number of nitrogens with one attached hydrogen (secondary N) is 1. The number of halogens is 1. The minimum Gasteiger partial charge on any atom is -0.439 e. The van der Waals surface area contributed by atoms with Crippen LogP contribution in [0.3, 0.4) is 0 Å². The monoisotopic (exact) mass is 288 g/mol. The molecule has 20 heavy (non-hydrogen) atoms. The van der Waals surface area contributed by atoms with Crippen molar-refractivity contribution in [1.29, 1.82) is 0 Å². The number of nitrogens with zero attached hydrogens (tertiary/aromatic N) is 1. The number of benzene rings is 1. The fraction of sp³-hybridized carbons (Fsp3) is 0.312. The summed E-state index contributed by atoms with van der Waals surface area (Å²) in [6.07, 6.45) is 3.57. The van der Waals surface area contributed by atoms with Crippen molar-refractivity contribution in [3.05, 3.63) is 52.2 Å². The molecule has 1 aliphatic carbocycles. The van der Waals surface area contributed by atoms with Crippen molar-refractivity contribution in [2.45, 2.75) is 25.8 Å². The van der Waals surface area contributed by atoms with Crippen molar-refractivity contribution < 1.29 is 4.74 Å². The zero-order valence-electron chi connectivity index (χ0n) is 11.4. The maximum atomic E-state index is 6.10. The van der Waals surface area contributed by atoms with Gasteiger partial charge in [-0.25, -0.2) is 4.98 Å². The van der Waals surface area contributed by atoms with Crippen LogP contribution in [0.1, 0.15) is 23.2 Å². The minimum atomic E-state index is 0.581. The van der Waals surface area contributed by atoms with Gasteiger partial charge in [0.1, 0.15) is 5.75 Å². The molecule has 4 heteroatoms. The van der Waals surface area contributed by atoms with Crippen LogP contribution in [-0.2, 0) is 19.4 Å². The van der Waals surface area contributed by atoms with Crippen LogP contribution in [0.4, 0.5) is 0 Å². The predicted molar refractivity (Wildman–Crippen MR) is 80.6 cm³/mol. The van der Waals surface area contributed by atoms with Gasteiger partial charge in [-0.3, -0.25) is 0 Å². The molecular weight excluding hydrogens is 272 g/mol. The van der Waals surface area contributed by atoms with Crippen molar-refractivity contribution in [2.24, 2.45) is 0 Å². The van der Waals surface area contributed by atoms with Crippen molar-refractivity contribution >= 4 is 11.6 Å². The van der Waals surface area contributed by atoms with Gasteiger partial charge in [-0.1, -0.05) is 17.7 Å².